The molecule has 0 aromatic heterocycles. The first-order chi connectivity index (χ1) is 4.36. The van der Waals surface area contributed by atoms with Crippen LogP contribution in [0.3, 0.4) is 0 Å². The predicted molar refractivity (Wildman–Crippen MR) is 30.6 cm³/mol. The zero-order valence-electron chi connectivity index (χ0n) is 4.66. The minimum absolute atomic E-state index is 0.134. The van der Waals surface area contributed by atoms with Gasteiger partial charge in [-0.1, -0.05) is 0 Å². The summed E-state index contributed by atoms with van der Waals surface area (Å²) in [6.07, 6.45) is 3.65. The first kappa shape index (κ1) is 4.61. The fourth-order valence-electron chi connectivity index (χ4n) is 0.940. The number of nitrogens with zero attached hydrogens (tertiary/aromatic N) is 2. The third kappa shape index (κ3) is 0.543. The highest BCUT2D eigenvalue weighted by Crippen LogP contribution is 2.27. The van der Waals surface area contributed by atoms with Gasteiger partial charge in [0.1, 0.15) is 0 Å². The number of azo groups is 1. The maximum Gasteiger partial charge on any atom is 0.162 e. The number of carbonyl (C=O) groups excluding carboxylic acids is 1. The average molecular weight is 120 g/mol. The van der Waals surface area contributed by atoms with E-state index in [0.29, 0.717) is 6.42 Å². The molecule has 3 heteroatoms. The molecule has 9 heavy (non-hydrogen) atoms. The van der Waals surface area contributed by atoms with Crippen LogP contribution in [0.15, 0.2) is 33.8 Å². The molecule has 1 aliphatic carbocycles. The lowest BCUT2D eigenvalue weighted by atomic mass is 10.2. The number of hydrogen-bond donors (Lipinski definition) is 0. The van der Waals surface area contributed by atoms with Crippen LogP contribution < -0.4 is 0 Å². The summed E-state index contributed by atoms with van der Waals surface area (Å²) in [5, 5.41) is 7.37. The van der Waals surface area contributed by atoms with Crippen molar-refractivity contribution in [3.63, 3.8) is 0 Å². The van der Waals surface area contributed by atoms with Gasteiger partial charge in [0, 0.05) is 18.1 Å². The lowest BCUT2D eigenvalue weighted by Crippen LogP contribution is -1.83. The Balaban J connectivity index is 2.51. The van der Waals surface area contributed by atoms with Crippen LogP contribution in [0, 0.1) is 0 Å². The molecule has 2 aliphatic rings. The average Bonchev–Trinajstić information content (AvgIpc) is 2.22. The van der Waals surface area contributed by atoms with Crippen LogP contribution in [-0.4, -0.2) is 5.78 Å². The molecular weight excluding hydrogens is 116 g/mol. The molecule has 44 valence electrons. The smallest absolute Gasteiger partial charge is 0.162 e. The minimum atomic E-state index is 0.134. The van der Waals surface area contributed by atoms with E-state index in [9.17, 15) is 4.79 Å². The van der Waals surface area contributed by atoms with E-state index in [1.54, 1.807) is 6.20 Å². The molecule has 0 unspecified atom stereocenters. The van der Waals surface area contributed by atoms with Gasteiger partial charge in [0.05, 0.1) is 11.9 Å². The van der Waals surface area contributed by atoms with Crippen molar-refractivity contribution in [2.45, 2.75) is 6.42 Å². The molecule has 0 fully saturated rings. The van der Waals surface area contributed by atoms with E-state index in [0.717, 1.165) is 11.3 Å². The molecule has 3 nitrogen and oxygen atoms in total. The fourth-order valence-corrected chi connectivity index (χ4v) is 0.940. The molecule has 0 radical (unpaired) electrons. The molecule has 0 amide bonds. The molecule has 0 bridgehead atoms. The van der Waals surface area contributed by atoms with E-state index in [-0.39, 0.29) is 5.78 Å². The highest BCUT2D eigenvalue weighted by Gasteiger charge is 2.20. The van der Waals surface area contributed by atoms with Crippen molar-refractivity contribution < 1.29 is 4.79 Å². The number of allylic oxidation sites excluding steroid dienone is 2. The first-order valence-electron chi connectivity index (χ1n) is 2.71. The Morgan fingerprint density at radius 3 is 3.22 bits per heavy atom. The topological polar surface area (TPSA) is 41.8 Å². The summed E-state index contributed by atoms with van der Waals surface area (Å²) in [4.78, 5) is 10.6. The van der Waals surface area contributed by atoms with Crippen molar-refractivity contribution in [3.8, 4) is 0 Å². The number of hydrogen-bond acceptors (Lipinski definition) is 3. The molecule has 0 aromatic rings. The Morgan fingerprint density at radius 2 is 2.44 bits per heavy atom. The summed E-state index contributed by atoms with van der Waals surface area (Å²) >= 11 is 0. The van der Waals surface area contributed by atoms with Gasteiger partial charge in [-0.3, -0.25) is 4.79 Å². The monoisotopic (exact) mass is 120 g/mol. The number of rotatable bonds is 0. The van der Waals surface area contributed by atoms with Gasteiger partial charge in [-0.2, -0.15) is 10.2 Å². The van der Waals surface area contributed by atoms with Crippen LogP contribution in [0.4, 0.5) is 0 Å². The second-order valence-corrected chi connectivity index (χ2v) is 2.04. The van der Waals surface area contributed by atoms with Crippen LogP contribution in [0.1, 0.15) is 6.42 Å². The maximum atomic E-state index is 10.6. The molecule has 1 aliphatic heterocycles. The zero-order valence-corrected chi connectivity index (χ0v) is 4.66. The summed E-state index contributed by atoms with van der Waals surface area (Å²) in [5.74, 6) is 0.134. The van der Waals surface area contributed by atoms with Gasteiger partial charge in [-0.05, 0) is 0 Å². The lowest BCUT2D eigenvalue weighted by molar-refractivity contribution is -0.113. The van der Waals surface area contributed by atoms with E-state index in [4.69, 9.17) is 0 Å². The molecule has 0 saturated carbocycles. The van der Waals surface area contributed by atoms with Crippen LogP contribution in [0.25, 0.3) is 0 Å². The van der Waals surface area contributed by atoms with Crippen molar-refractivity contribution in [1.82, 2.24) is 0 Å². The number of fused-ring (bicyclic) bond motifs is 1. The van der Waals surface area contributed by atoms with Crippen LogP contribution in [0.2, 0.25) is 0 Å². The van der Waals surface area contributed by atoms with Crippen LogP contribution >= 0.6 is 0 Å². The van der Waals surface area contributed by atoms with Crippen molar-refractivity contribution in [3.05, 3.63) is 23.5 Å². The number of carbonyl (C=O) groups is 1. The molecule has 0 atom stereocenters. The van der Waals surface area contributed by atoms with Gasteiger partial charge in [0.25, 0.3) is 0 Å². The number of ketones is 1. The summed E-state index contributed by atoms with van der Waals surface area (Å²) < 4.78 is 0. The van der Waals surface area contributed by atoms with Crippen LogP contribution in [-0.2, 0) is 4.79 Å². The minimum Gasteiger partial charge on any atom is -0.294 e. The molecule has 0 spiro atoms. The molecule has 0 saturated heterocycles. The lowest BCUT2D eigenvalue weighted by Gasteiger charge is -1.82. The third-order valence-electron chi connectivity index (χ3n) is 1.37. The third-order valence-corrected chi connectivity index (χ3v) is 1.37. The van der Waals surface area contributed by atoms with E-state index < -0.39 is 0 Å². The summed E-state index contributed by atoms with van der Waals surface area (Å²) in [6, 6.07) is 0. The molecule has 0 N–H and O–H groups in total. The Kier molecular flexibility index (Phi) is 0.704. The largest absolute Gasteiger partial charge is 0.294 e. The van der Waals surface area contributed by atoms with Gasteiger partial charge in [0.15, 0.2) is 5.78 Å². The molecular formula is C6H4N2O. The summed E-state index contributed by atoms with van der Waals surface area (Å²) in [7, 11) is 0. The Bertz CT molecular complexity index is 260. The molecule has 0 aromatic carbocycles. The maximum absolute atomic E-state index is 10.6. The van der Waals surface area contributed by atoms with Crippen molar-refractivity contribution >= 4 is 5.78 Å². The SMILES string of the molecule is O=C1C=C2N=NC=C2C1. The quantitative estimate of drug-likeness (QED) is 0.473. The fraction of sp³-hybridized carbons (Fsp3) is 0.167. The summed E-state index contributed by atoms with van der Waals surface area (Å²) in [6.45, 7) is 0. The normalized spacial score (nSPS) is 22.0. The second-order valence-electron chi connectivity index (χ2n) is 2.04. The van der Waals surface area contributed by atoms with Crippen LogP contribution in [0.5, 0.6) is 0 Å². The van der Waals surface area contributed by atoms with E-state index in [1.165, 1.54) is 6.08 Å². The molecule has 2 rings (SSSR count). The zero-order chi connectivity index (χ0) is 6.27. The van der Waals surface area contributed by atoms with Crippen molar-refractivity contribution in [1.29, 1.82) is 0 Å². The van der Waals surface area contributed by atoms with Crippen molar-refractivity contribution in [2.24, 2.45) is 10.2 Å². The standard InChI is InChI=1S/C6H4N2O/c9-5-1-4-3-7-8-6(4)2-5/h2-3H,1H2. The highest BCUT2D eigenvalue weighted by molar-refractivity contribution is 5.97. The van der Waals surface area contributed by atoms with Gasteiger partial charge >= 0.3 is 0 Å². The van der Waals surface area contributed by atoms with E-state index in [2.05, 4.69) is 10.2 Å². The Labute approximate surface area is 51.8 Å². The van der Waals surface area contributed by atoms with Crippen molar-refractivity contribution in [2.75, 3.05) is 0 Å². The van der Waals surface area contributed by atoms with E-state index in [1.807, 2.05) is 0 Å². The molecule has 1 heterocycles. The van der Waals surface area contributed by atoms with E-state index >= 15 is 0 Å². The Hall–Kier alpha value is -1.25. The first-order valence-corrected chi connectivity index (χ1v) is 2.71. The highest BCUT2D eigenvalue weighted by atomic mass is 16.1. The second kappa shape index (κ2) is 1.37. The predicted octanol–water partition coefficient (Wildman–Crippen LogP) is 1.19. The van der Waals surface area contributed by atoms with Gasteiger partial charge in [0.2, 0.25) is 0 Å². The van der Waals surface area contributed by atoms with Gasteiger partial charge in [-0.25, -0.2) is 0 Å². The Morgan fingerprint density at radius 1 is 1.56 bits per heavy atom. The van der Waals surface area contributed by atoms with Gasteiger partial charge in [-0.15, -0.1) is 0 Å². The van der Waals surface area contributed by atoms with Gasteiger partial charge < -0.3 is 0 Å². The summed E-state index contributed by atoms with van der Waals surface area (Å²) in [5.41, 5.74) is 1.71.